The maximum atomic E-state index is 12.8. The second kappa shape index (κ2) is 9.22. The zero-order valence-electron chi connectivity index (χ0n) is 19.0. The third kappa shape index (κ3) is 4.35. The van der Waals surface area contributed by atoms with Gasteiger partial charge in [0.05, 0.1) is 0 Å². The molecular formula is C25H24N4O6. The van der Waals surface area contributed by atoms with E-state index in [0.717, 1.165) is 22.3 Å². The van der Waals surface area contributed by atoms with Crippen molar-refractivity contribution < 1.29 is 28.8 Å². The number of carboxylic acids is 1. The van der Waals surface area contributed by atoms with Crippen molar-refractivity contribution in [2.24, 2.45) is 0 Å². The van der Waals surface area contributed by atoms with Gasteiger partial charge < -0.3 is 19.3 Å². The van der Waals surface area contributed by atoms with E-state index in [4.69, 9.17) is 9.26 Å². The van der Waals surface area contributed by atoms with Gasteiger partial charge in [0.25, 0.3) is 5.91 Å². The number of hydrogen-bond donors (Lipinski definition) is 2. The summed E-state index contributed by atoms with van der Waals surface area (Å²) in [6, 6.07) is 16.6. The van der Waals surface area contributed by atoms with Gasteiger partial charge in [-0.1, -0.05) is 53.7 Å². The normalized spacial score (nSPS) is 17.5. The summed E-state index contributed by atoms with van der Waals surface area (Å²) in [5, 5.41) is 15.5. The van der Waals surface area contributed by atoms with Crippen molar-refractivity contribution >= 4 is 23.9 Å². The van der Waals surface area contributed by atoms with Crippen LogP contribution in [0.3, 0.4) is 0 Å². The first-order valence-electron chi connectivity index (χ1n) is 11.2. The van der Waals surface area contributed by atoms with Crippen molar-refractivity contribution in [1.82, 2.24) is 15.0 Å². The molecule has 1 aliphatic heterocycles. The molecule has 0 spiro atoms. The van der Waals surface area contributed by atoms with Crippen molar-refractivity contribution in [2.45, 2.75) is 12.0 Å². The van der Waals surface area contributed by atoms with Crippen LogP contribution in [0.2, 0.25) is 0 Å². The maximum absolute atomic E-state index is 12.8. The van der Waals surface area contributed by atoms with Gasteiger partial charge in [0.15, 0.2) is 5.69 Å². The van der Waals surface area contributed by atoms with E-state index in [0.29, 0.717) is 13.1 Å². The van der Waals surface area contributed by atoms with Crippen LogP contribution in [0.4, 0.5) is 10.7 Å². The Morgan fingerprint density at radius 2 is 1.74 bits per heavy atom. The number of piperazine rings is 1. The van der Waals surface area contributed by atoms with Crippen LogP contribution in [0.15, 0.2) is 59.1 Å². The molecule has 5 rings (SSSR count). The first-order chi connectivity index (χ1) is 16.9. The highest BCUT2D eigenvalue weighted by atomic mass is 16.6. The van der Waals surface area contributed by atoms with Crippen LogP contribution in [-0.2, 0) is 9.53 Å². The molecule has 1 aromatic heterocycles. The highest BCUT2D eigenvalue weighted by Gasteiger charge is 2.34. The summed E-state index contributed by atoms with van der Waals surface area (Å²) in [6.45, 7) is 0.955. The minimum Gasteiger partial charge on any atom is -0.480 e. The fourth-order valence-corrected chi connectivity index (χ4v) is 4.66. The number of likely N-dealkylation sites (N-methyl/N-ethyl adjacent to an activating group) is 1. The molecule has 2 amide bonds. The fraction of sp³-hybridized carbons (Fsp3) is 0.280. The lowest BCUT2D eigenvalue weighted by atomic mass is 9.98. The second-order valence-corrected chi connectivity index (χ2v) is 8.61. The summed E-state index contributed by atoms with van der Waals surface area (Å²) in [5.41, 5.74) is 4.43. The summed E-state index contributed by atoms with van der Waals surface area (Å²) < 4.78 is 10.6. The first-order valence-corrected chi connectivity index (χ1v) is 11.2. The van der Waals surface area contributed by atoms with Crippen LogP contribution >= 0.6 is 0 Å². The zero-order chi connectivity index (χ0) is 24.5. The van der Waals surface area contributed by atoms with E-state index in [1.165, 1.54) is 11.0 Å². The highest BCUT2D eigenvalue weighted by Crippen LogP contribution is 2.44. The van der Waals surface area contributed by atoms with Gasteiger partial charge in [0.1, 0.15) is 12.6 Å². The Balaban J connectivity index is 1.20. The third-order valence-electron chi connectivity index (χ3n) is 6.52. The Bertz CT molecular complexity index is 1240. The molecule has 0 saturated carbocycles. The number of carbonyl (C=O) groups is 3. The van der Waals surface area contributed by atoms with E-state index < -0.39 is 24.0 Å². The first kappa shape index (κ1) is 22.6. The molecule has 1 unspecified atom stereocenters. The molecule has 10 heteroatoms. The quantitative estimate of drug-likeness (QED) is 0.576. The van der Waals surface area contributed by atoms with E-state index in [1.807, 2.05) is 36.4 Å². The predicted molar refractivity (Wildman–Crippen MR) is 125 cm³/mol. The van der Waals surface area contributed by atoms with Gasteiger partial charge in [-0.05, 0) is 29.3 Å². The summed E-state index contributed by atoms with van der Waals surface area (Å²) in [4.78, 5) is 39.7. The number of benzene rings is 2. The van der Waals surface area contributed by atoms with Gasteiger partial charge in [-0.2, -0.15) is 0 Å². The molecule has 0 bridgehead atoms. The average Bonchev–Trinajstić information content (AvgIpc) is 3.45. The minimum absolute atomic E-state index is 0.0207. The van der Waals surface area contributed by atoms with Gasteiger partial charge >= 0.3 is 12.1 Å². The maximum Gasteiger partial charge on any atom is 0.414 e. The largest absolute Gasteiger partial charge is 0.480 e. The molecule has 180 valence electrons. The third-order valence-corrected chi connectivity index (χ3v) is 6.52. The predicted octanol–water partition coefficient (Wildman–Crippen LogP) is 2.88. The molecular weight excluding hydrogens is 452 g/mol. The summed E-state index contributed by atoms with van der Waals surface area (Å²) in [7, 11) is 1.70. The zero-order valence-corrected chi connectivity index (χ0v) is 19.0. The molecule has 2 aromatic carbocycles. The molecule has 35 heavy (non-hydrogen) atoms. The standard InChI is InChI=1S/C25H24N4O6/c1-28-10-11-29(13-21(28)24(31)32)23(30)20-12-22(35-27-20)26-25(33)34-14-19-17-8-4-2-6-15(17)16-7-3-5-9-18(16)19/h2-9,12,19,21H,10-11,13-14H2,1H3,(H,26,33)(H,31,32). The summed E-state index contributed by atoms with van der Waals surface area (Å²) >= 11 is 0. The molecule has 2 heterocycles. The van der Waals surface area contributed by atoms with Crippen LogP contribution in [0.1, 0.15) is 27.5 Å². The molecule has 3 aromatic rings. The number of nitrogens with one attached hydrogen (secondary N) is 1. The monoisotopic (exact) mass is 476 g/mol. The Labute approximate surface area is 201 Å². The summed E-state index contributed by atoms with van der Waals surface area (Å²) in [6.07, 6.45) is -0.729. The Morgan fingerprint density at radius 1 is 1.09 bits per heavy atom. The van der Waals surface area contributed by atoms with Crippen LogP contribution in [0.25, 0.3) is 11.1 Å². The number of carboxylic acid groups (broad SMARTS) is 1. The number of aromatic nitrogens is 1. The lowest BCUT2D eigenvalue weighted by Gasteiger charge is -2.36. The molecule has 1 saturated heterocycles. The van der Waals surface area contributed by atoms with E-state index in [2.05, 4.69) is 22.6 Å². The molecule has 2 aliphatic rings. The van der Waals surface area contributed by atoms with Gasteiger partial charge in [-0.15, -0.1) is 0 Å². The van der Waals surface area contributed by atoms with Crippen molar-refractivity contribution in [1.29, 1.82) is 0 Å². The van der Waals surface area contributed by atoms with Crippen molar-refractivity contribution in [3.8, 4) is 11.1 Å². The number of fused-ring (bicyclic) bond motifs is 3. The van der Waals surface area contributed by atoms with E-state index >= 15 is 0 Å². The molecule has 1 atom stereocenters. The van der Waals surface area contributed by atoms with Crippen LogP contribution < -0.4 is 5.32 Å². The van der Waals surface area contributed by atoms with Crippen LogP contribution in [0, 0.1) is 0 Å². The van der Waals surface area contributed by atoms with Crippen molar-refractivity contribution in [3.05, 3.63) is 71.4 Å². The smallest absolute Gasteiger partial charge is 0.414 e. The van der Waals surface area contributed by atoms with Crippen molar-refractivity contribution in [3.63, 3.8) is 0 Å². The molecule has 0 radical (unpaired) electrons. The SMILES string of the molecule is CN1CCN(C(=O)c2cc(NC(=O)OCC3c4ccccc4-c4ccccc43)on2)CC1C(=O)O. The Hall–Kier alpha value is -4.18. The minimum atomic E-state index is -0.997. The van der Waals surface area contributed by atoms with Gasteiger partial charge in [-0.3, -0.25) is 19.8 Å². The Kier molecular flexibility index (Phi) is 5.96. The second-order valence-electron chi connectivity index (χ2n) is 8.61. The molecule has 1 fully saturated rings. The summed E-state index contributed by atoms with van der Waals surface area (Å²) in [5.74, 6) is -1.58. The number of aliphatic carboxylic acids is 1. The molecule has 10 nitrogen and oxygen atoms in total. The highest BCUT2D eigenvalue weighted by molar-refractivity contribution is 5.94. The molecule has 2 N–H and O–H groups in total. The van der Waals surface area contributed by atoms with Gasteiger partial charge in [-0.25, -0.2) is 4.79 Å². The lowest BCUT2D eigenvalue weighted by Crippen LogP contribution is -2.56. The number of ether oxygens (including phenoxy) is 1. The van der Waals surface area contributed by atoms with Crippen LogP contribution in [-0.4, -0.2) is 77.4 Å². The fourth-order valence-electron chi connectivity index (χ4n) is 4.66. The van der Waals surface area contributed by atoms with Crippen LogP contribution in [0.5, 0.6) is 0 Å². The number of anilines is 1. The Morgan fingerprint density at radius 3 is 2.40 bits per heavy atom. The number of nitrogens with zero attached hydrogens (tertiary/aromatic N) is 3. The van der Waals surface area contributed by atoms with Gasteiger partial charge in [0.2, 0.25) is 5.88 Å². The number of amides is 2. The average molecular weight is 476 g/mol. The van der Waals surface area contributed by atoms with Crippen molar-refractivity contribution in [2.75, 3.05) is 38.6 Å². The van der Waals surface area contributed by atoms with Gasteiger partial charge in [0, 0.05) is 31.6 Å². The topological polar surface area (TPSA) is 125 Å². The van der Waals surface area contributed by atoms with E-state index in [9.17, 15) is 19.5 Å². The number of carbonyl (C=O) groups excluding carboxylic acids is 2. The number of rotatable bonds is 5. The van der Waals surface area contributed by atoms with E-state index in [1.54, 1.807) is 11.9 Å². The van der Waals surface area contributed by atoms with E-state index in [-0.39, 0.29) is 30.6 Å². The lowest BCUT2D eigenvalue weighted by molar-refractivity contribution is -0.144. The number of hydrogen-bond acceptors (Lipinski definition) is 7. The molecule has 1 aliphatic carbocycles.